The number of hydrogen-bond acceptors (Lipinski definition) is 4. The molecule has 0 amide bonds. The molecule has 1 aromatic rings. The van der Waals surface area contributed by atoms with Gasteiger partial charge in [-0.2, -0.15) is 11.8 Å². The highest BCUT2D eigenvalue weighted by Crippen LogP contribution is 2.18. The van der Waals surface area contributed by atoms with E-state index in [1.807, 2.05) is 24.8 Å². The van der Waals surface area contributed by atoms with Crippen molar-refractivity contribution in [2.24, 2.45) is 0 Å². The molecule has 0 aliphatic rings. The van der Waals surface area contributed by atoms with Crippen LogP contribution in [0.5, 0.6) is 0 Å². The largest absolute Gasteiger partial charge is 0.349 e. The highest BCUT2D eigenvalue weighted by Gasteiger charge is 2.22. The standard InChI is InChI=1S/C12H23N3O2S2/c1-5-15-10-12(8-11(15)9-13-2)19(16,17)14(3)6-7-18-4/h8,10,13H,5-7,9H2,1-4H3. The second-order valence-electron chi connectivity index (χ2n) is 4.30. The number of rotatable bonds is 8. The minimum atomic E-state index is -3.37. The van der Waals surface area contributed by atoms with Crippen LogP contribution < -0.4 is 5.32 Å². The molecule has 110 valence electrons. The Kier molecular flexibility index (Phi) is 6.38. The molecule has 1 heterocycles. The summed E-state index contributed by atoms with van der Waals surface area (Å²) in [5, 5.41) is 3.05. The van der Waals surface area contributed by atoms with E-state index >= 15 is 0 Å². The third-order valence-electron chi connectivity index (χ3n) is 2.98. The van der Waals surface area contributed by atoms with E-state index in [1.54, 1.807) is 31.1 Å². The zero-order valence-electron chi connectivity index (χ0n) is 12.0. The van der Waals surface area contributed by atoms with Gasteiger partial charge in [0.25, 0.3) is 0 Å². The summed E-state index contributed by atoms with van der Waals surface area (Å²) in [7, 11) is 0.115. The van der Waals surface area contributed by atoms with E-state index in [9.17, 15) is 8.42 Å². The fourth-order valence-corrected chi connectivity index (χ4v) is 3.62. The van der Waals surface area contributed by atoms with Crippen LogP contribution >= 0.6 is 11.8 Å². The number of aryl methyl sites for hydroxylation is 1. The molecule has 0 bridgehead atoms. The molecule has 0 unspecified atom stereocenters. The molecule has 5 nitrogen and oxygen atoms in total. The van der Waals surface area contributed by atoms with E-state index in [0.717, 1.165) is 18.0 Å². The smallest absolute Gasteiger partial charge is 0.244 e. The summed E-state index contributed by atoms with van der Waals surface area (Å²) < 4.78 is 28.2. The number of nitrogens with one attached hydrogen (secondary N) is 1. The first kappa shape index (κ1) is 16.6. The summed E-state index contributed by atoms with van der Waals surface area (Å²) in [6.45, 7) is 3.97. The van der Waals surface area contributed by atoms with Gasteiger partial charge in [0.2, 0.25) is 10.0 Å². The number of sulfonamides is 1. The molecule has 0 aliphatic carbocycles. The Hall–Kier alpha value is -0.500. The molecule has 1 rings (SSSR count). The Morgan fingerprint density at radius 3 is 2.68 bits per heavy atom. The van der Waals surface area contributed by atoms with Gasteiger partial charge < -0.3 is 9.88 Å². The van der Waals surface area contributed by atoms with Crippen molar-refractivity contribution in [2.75, 3.05) is 32.6 Å². The average Bonchev–Trinajstić information content (AvgIpc) is 2.80. The quantitative estimate of drug-likeness (QED) is 0.784. The first-order valence-electron chi connectivity index (χ1n) is 6.26. The SMILES string of the molecule is CCn1cc(S(=O)(=O)N(C)CCSC)cc1CNC. The van der Waals surface area contributed by atoms with Crippen LogP contribution in [0.25, 0.3) is 0 Å². The van der Waals surface area contributed by atoms with E-state index in [4.69, 9.17) is 0 Å². The highest BCUT2D eigenvalue weighted by atomic mass is 32.2. The third-order valence-corrected chi connectivity index (χ3v) is 5.39. The maximum atomic E-state index is 12.4. The van der Waals surface area contributed by atoms with Crippen LogP contribution in [0, 0.1) is 0 Å². The van der Waals surface area contributed by atoms with Crippen LogP contribution in [-0.2, 0) is 23.1 Å². The third kappa shape index (κ3) is 3.98. The van der Waals surface area contributed by atoms with Gasteiger partial charge in [-0.25, -0.2) is 12.7 Å². The molecule has 1 N–H and O–H groups in total. The minimum Gasteiger partial charge on any atom is -0.349 e. The fraction of sp³-hybridized carbons (Fsp3) is 0.667. The van der Waals surface area contributed by atoms with E-state index in [1.165, 1.54) is 4.31 Å². The van der Waals surface area contributed by atoms with Crippen molar-refractivity contribution < 1.29 is 8.42 Å². The van der Waals surface area contributed by atoms with E-state index in [-0.39, 0.29) is 0 Å². The van der Waals surface area contributed by atoms with Gasteiger partial charge in [-0.05, 0) is 26.3 Å². The lowest BCUT2D eigenvalue weighted by Crippen LogP contribution is -2.28. The first-order valence-corrected chi connectivity index (χ1v) is 9.09. The summed E-state index contributed by atoms with van der Waals surface area (Å²) in [4.78, 5) is 0.378. The van der Waals surface area contributed by atoms with Gasteiger partial charge >= 0.3 is 0 Å². The van der Waals surface area contributed by atoms with Crippen molar-refractivity contribution in [1.82, 2.24) is 14.2 Å². The Morgan fingerprint density at radius 2 is 2.16 bits per heavy atom. The van der Waals surface area contributed by atoms with Crippen LogP contribution in [0.1, 0.15) is 12.6 Å². The Morgan fingerprint density at radius 1 is 1.47 bits per heavy atom. The van der Waals surface area contributed by atoms with Crippen molar-refractivity contribution in [3.63, 3.8) is 0 Å². The van der Waals surface area contributed by atoms with Crippen molar-refractivity contribution in [3.8, 4) is 0 Å². The van der Waals surface area contributed by atoms with Gasteiger partial charge in [-0.15, -0.1) is 0 Å². The summed E-state index contributed by atoms with van der Waals surface area (Å²) in [6, 6.07) is 1.75. The molecule has 0 saturated heterocycles. The molecular weight excluding hydrogens is 282 g/mol. The van der Waals surface area contributed by atoms with E-state index in [0.29, 0.717) is 18.0 Å². The Labute approximate surface area is 120 Å². The second kappa shape index (κ2) is 7.33. The molecule has 0 radical (unpaired) electrons. The van der Waals surface area contributed by atoms with Gasteiger partial charge in [-0.1, -0.05) is 0 Å². The van der Waals surface area contributed by atoms with Gasteiger partial charge in [0, 0.05) is 44.3 Å². The van der Waals surface area contributed by atoms with Crippen molar-refractivity contribution in [1.29, 1.82) is 0 Å². The fourth-order valence-electron chi connectivity index (χ4n) is 1.81. The molecule has 7 heteroatoms. The maximum absolute atomic E-state index is 12.4. The van der Waals surface area contributed by atoms with Crippen molar-refractivity contribution in [3.05, 3.63) is 18.0 Å². The summed E-state index contributed by atoms with van der Waals surface area (Å²) in [6.07, 6.45) is 3.69. The predicted octanol–water partition coefficient (Wildman–Crippen LogP) is 1.21. The van der Waals surface area contributed by atoms with Crippen LogP contribution in [0.3, 0.4) is 0 Å². The van der Waals surface area contributed by atoms with Crippen LogP contribution in [0.2, 0.25) is 0 Å². The number of hydrogen-bond donors (Lipinski definition) is 1. The normalized spacial score (nSPS) is 12.3. The number of nitrogens with zero attached hydrogens (tertiary/aromatic N) is 2. The van der Waals surface area contributed by atoms with Crippen LogP contribution in [-0.4, -0.2) is 49.9 Å². The lowest BCUT2D eigenvalue weighted by molar-refractivity contribution is 0.488. The average molecular weight is 305 g/mol. The maximum Gasteiger partial charge on any atom is 0.244 e. The van der Waals surface area contributed by atoms with Gasteiger partial charge in [0.1, 0.15) is 4.90 Å². The molecule has 0 aliphatic heterocycles. The molecule has 1 aromatic heterocycles. The number of thioether (sulfide) groups is 1. The lowest BCUT2D eigenvalue weighted by Gasteiger charge is -2.15. The molecule has 0 saturated carbocycles. The number of aromatic nitrogens is 1. The summed E-state index contributed by atoms with van der Waals surface area (Å²) in [5.41, 5.74) is 0.988. The van der Waals surface area contributed by atoms with E-state index < -0.39 is 10.0 Å². The molecular formula is C12H23N3O2S2. The van der Waals surface area contributed by atoms with Gasteiger partial charge in [0.05, 0.1) is 0 Å². The molecule has 0 atom stereocenters. The van der Waals surface area contributed by atoms with Crippen molar-refractivity contribution >= 4 is 21.8 Å². The van der Waals surface area contributed by atoms with Crippen molar-refractivity contribution in [2.45, 2.75) is 24.9 Å². The molecule has 19 heavy (non-hydrogen) atoms. The van der Waals surface area contributed by atoms with Crippen LogP contribution in [0.15, 0.2) is 17.2 Å². The Balaban J connectivity index is 3.01. The minimum absolute atomic E-state index is 0.378. The second-order valence-corrected chi connectivity index (χ2v) is 7.33. The molecule has 0 spiro atoms. The summed E-state index contributed by atoms with van der Waals surface area (Å²) >= 11 is 1.64. The summed E-state index contributed by atoms with van der Waals surface area (Å²) in [5.74, 6) is 0.799. The zero-order valence-corrected chi connectivity index (χ0v) is 13.6. The predicted molar refractivity (Wildman–Crippen MR) is 81.1 cm³/mol. The highest BCUT2D eigenvalue weighted by molar-refractivity contribution is 7.98. The topological polar surface area (TPSA) is 54.3 Å². The molecule has 0 fully saturated rings. The zero-order chi connectivity index (χ0) is 14.5. The lowest BCUT2D eigenvalue weighted by atomic mass is 10.4. The van der Waals surface area contributed by atoms with Crippen LogP contribution in [0.4, 0.5) is 0 Å². The van der Waals surface area contributed by atoms with Gasteiger partial charge in [-0.3, -0.25) is 0 Å². The van der Waals surface area contributed by atoms with Gasteiger partial charge in [0.15, 0.2) is 0 Å². The Bertz CT molecular complexity index is 497. The monoisotopic (exact) mass is 305 g/mol. The van der Waals surface area contributed by atoms with E-state index in [2.05, 4.69) is 5.32 Å². The first-order chi connectivity index (χ1) is 8.97. The molecule has 0 aromatic carbocycles.